The van der Waals surface area contributed by atoms with Gasteiger partial charge in [0.2, 0.25) is 0 Å². The Labute approximate surface area is 108 Å². The molecule has 2 heterocycles. The third kappa shape index (κ3) is 1.98. The van der Waals surface area contributed by atoms with Crippen LogP contribution in [0.5, 0.6) is 0 Å². The third-order valence-electron chi connectivity index (χ3n) is 2.82. The molecule has 1 aromatic carbocycles. The number of hydrogen-bond donors (Lipinski definition) is 0. The van der Waals surface area contributed by atoms with E-state index in [1.165, 1.54) is 10.9 Å². The molecule has 0 unspecified atom stereocenters. The zero-order valence-corrected chi connectivity index (χ0v) is 10.8. The zero-order valence-electron chi connectivity index (χ0n) is 9.18. The molecule has 0 spiro atoms. The first-order valence-electron chi connectivity index (χ1n) is 5.48. The van der Waals surface area contributed by atoms with Gasteiger partial charge in [-0.1, -0.05) is 28.1 Å². The molecule has 0 fully saturated rings. The van der Waals surface area contributed by atoms with Crippen LogP contribution in [-0.4, -0.2) is 9.55 Å². The highest BCUT2D eigenvalue weighted by atomic mass is 79.9. The average Bonchev–Trinajstić information content (AvgIpc) is 2.76. The standard InChI is InChI=1S/C14H11BrN2/c15-13-5-3-6-14-12(13)7-9-17(14)10-11-4-1-2-8-16-11/h1-9H,10H2. The first kappa shape index (κ1) is 10.5. The monoisotopic (exact) mass is 286 g/mol. The largest absolute Gasteiger partial charge is 0.341 e. The number of fused-ring (bicyclic) bond motifs is 1. The van der Waals surface area contributed by atoms with E-state index in [9.17, 15) is 0 Å². The molecule has 3 aromatic rings. The fourth-order valence-corrected chi connectivity index (χ4v) is 2.48. The van der Waals surface area contributed by atoms with Gasteiger partial charge in [-0.3, -0.25) is 4.98 Å². The molecule has 17 heavy (non-hydrogen) atoms. The summed E-state index contributed by atoms with van der Waals surface area (Å²) in [6.07, 6.45) is 3.93. The average molecular weight is 287 g/mol. The quantitative estimate of drug-likeness (QED) is 0.700. The smallest absolute Gasteiger partial charge is 0.0648 e. The molecule has 0 bridgehead atoms. The molecule has 0 N–H and O–H groups in total. The minimum absolute atomic E-state index is 0.806. The van der Waals surface area contributed by atoms with Crippen molar-refractivity contribution in [2.75, 3.05) is 0 Å². The van der Waals surface area contributed by atoms with E-state index in [2.05, 4.69) is 55.9 Å². The summed E-state index contributed by atoms with van der Waals surface area (Å²) >= 11 is 3.57. The summed E-state index contributed by atoms with van der Waals surface area (Å²) in [6, 6.07) is 14.4. The molecule has 0 saturated heterocycles. The summed E-state index contributed by atoms with van der Waals surface area (Å²) in [5, 5.41) is 1.24. The Kier molecular flexibility index (Phi) is 2.69. The highest BCUT2D eigenvalue weighted by molar-refractivity contribution is 9.10. The van der Waals surface area contributed by atoms with Crippen LogP contribution in [0.3, 0.4) is 0 Å². The van der Waals surface area contributed by atoms with Crippen molar-refractivity contribution in [2.24, 2.45) is 0 Å². The summed E-state index contributed by atoms with van der Waals surface area (Å²) in [4.78, 5) is 4.35. The molecule has 0 radical (unpaired) electrons. The second-order valence-corrected chi connectivity index (χ2v) is 4.79. The Morgan fingerprint density at radius 3 is 2.82 bits per heavy atom. The third-order valence-corrected chi connectivity index (χ3v) is 3.51. The van der Waals surface area contributed by atoms with Crippen LogP contribution in [0.2, 0.25) is 0 Å². The van der Waals surface area contributed by atoms with Gasteiger partial charge in [0.25, 0.3) is 0 Å². The van der Waals surface area contributed by atoms with Gasteiger partial charge in [-0.25, -0.2) is 0 Å². The van der Waals surface area contributed by atoms with Crippen molar-refractivity contribution in [1.82, 2.24) is 9.55 Å². The van der Waals surface area contributed by atoms with E-state index in [-0.39, 0.29) is 0 Å². The maximum absolute atomic E-state index is 4.35. The highest BCUT2D eigenvalue weighted by Gasteiger charge is 2.04. The summed E-state index contributed by atoms with van der Waals surface area (Å²) < 4.78 is 3.34. The van der Waals surface area contributed by atoms with Gasteiger partial charge >= 0.3 is 0 Å². The van der Waals surface area contributed by atoms with Crippen molar-refractivity contribution in [1.29, 1.82) is 0 Å². The van der Waals surface area contributed by atoms with Gasteiger partial charge in [0, 0.05) is 27.8 Å². The van der Waals surface area contributed by atoms with Gasteiger partial charge < -0.3 is 4.57 Å². The van der Waals surface area contributed by atoms with Crippen molar-refractivity contribution >= 4 is 26.8 Å². The maximum Gasteiger partial charge on any atom is 0.0648 e. The number of pyridine rings is 1. The molecule has 0 aliphatic carbocycles. The first-order valence-corrected chi connectivity index (χ1v) is 6.27. The number of aromatic nitrogens is 2. The SMILES string of the molecule is Brc1cccc2c1ccn2Cc1ccccn1. The van der Waals surface area contributed by atoms with Crippen LogP contribution in [-0.2, 0) is 6.54 Å². The molecule has 0 atom stereocenters. The number of nitrogens with zero attached hydrogens (tertiary/aromatic N) is 2. The number of rotatable bonds is 2. The van der Waals surface area contributed by atoms with Gasteiger partial charge in [0.05, 0.1) is 12.2 Å². The lowest BCUT2D eigenvalue weighted by atomic mass is 10.2. The molecule has 2 aromatic heterocycles. The van der Waals surface area contributed by atoms with Gasteiger partial charge in [-0.05, 0) is 30.3 Å². The summed E-state index contributed by atoms with van der Waals surface area (Å²) in [5.74, 6) is 0. The molecule has 3 rings (SSSR count). The van der Waals surface area contributed by atoms with E-state index < -0.39 is 0 Å². The van der Waals surface area contributed by atoms with Crippen LogP contribution in [0.15, 0.2) is 59.3 Å². The Morgan fingerprint density at radius 1 is 1.06 bits per heavy atom. The molecule has 0 aliphatic heterocycles. The van der Waals surface area contributed by atoms with Gasteiger partial charge in [0.15, 0.2) is 0 Å². The molecular weight excluding hydrogens is 276 g/mol. The van der Waals surface area contributed by atoms with Crippen molar-refractivity contribution in [2.45, 2.75) is 6.54 Å². The molecule has 0 amide bonds. The minimum Gasteiger partial charge on any atom is -0.341 e. The predicted molar refractivity (Wildman–Crippen MR) is 73.0 cm³/mol. The van der Waals surface area contributed by atoms with Crippen LogP contribution >= 0.6 is 15.9 Å². The lowest BCUT2D eigenvalue weighted by Crippen LogP contribution is -1.99. The number of halogens is 1. The van der Waals surface area contributed by atoms with Crippen LogP contribution < -0.4 is 0 Å². The van der Waals surface area contributed by atoms with E-state index in [1.54, 1.807) is 0 Å². The van der Waals surface area contributed by atoms with E-state index in [1.807, 2.05) is 24.4 Å². The molecular formula is C14H11BrN2. The Morgan fingerprint density at radius 2 is 2.00 bits per heavy atom. The fourth-order valence-electron chi connectivity index (χ4n) is 1.99. The summed E-state index contributed by atoms with van der Waals surface area (Å²) in [6.45, 7) is 0.806. The highest BCUT2D eigenvalue weighted by Crippen LogP contribution is 2.24. The number of hydrogen-bond acceptors (Lipinski definition) is 1. The Balaban J connectivity index is 2.05. The maximum atomic E-state index is 4.35. The molecule has 0 aliphatic rings. The zero-order chi connectivity index (χ0) is 11.7. The summed E-state index contributed by atoms with van der Waals surface area (Å²) in [5.41, 5.74) is 2.30. The van der Waals surface area contributed by atoms with Crippen molar-refractivity contribution in [3.05, 3.63) is 65.0 Å². The van der Waals surface area contributed by atoms with Crippen molar-refractivity contribution in [3.8, 4) is 0 Å². The summed E-state index contributed by atoms with van der Waals surface area (Å²) in [7, 11) is 0. The lowest BCUT2D eigenvalue weighted by Gasteiger charge is -2.04. The second kappa shape index (κ2) is 4.34. The van der Waals surface area contributed by atoms with Crippen LogP contribution in [0.4, 0.5) is 0 Å². The fraction of sp³-hybridized carbons (Fsp3) is 0.0714. The molecule has 2 nitrogen and oxygen atoms in total. The first-order chi connectivity index (χ1) is 8.34. The van der Waals surface area contributed by atoms with Gasteiger partial charge in [0.1, 0.15) is 0 Å². The van der Waals surface area contributed by atoms with Crippen LogP contribution in [0.1, 0.15) is 5.69 Å². The van der Waals surface area contributed by atoms with E-state index >= 15 is 0 Å². The van der Waals surface area contributed by atoms with E-state index in [0.717, 1.165) is 16.7 Å². The Bertz CT molecular complexity index is 644. The van der Waals surface area contributed by atoms with Gasteiger partial charge in [-0.2, -0.15) is 0 Å². The molecule has 3 heteroatoms. The topological polar surface area (TPSA) is 17.8 Å². The minimum atomic E-state index is 0.806. The lowest BCUT2D eigenvalue weighted by molar-refractivity contribution is 0.807. The van der Waals surface area contributed by atoms with Crippen LogP contribution in [0, 0.1) is 0 Å². The Hall–Kier alpha value is -1.61. The second-order valence-electron chi connectivity index (χ2n) is 3.94. The molecule has 84 valence electrons. The van der Waals surface area contributed by atoms with E-state index in [0.29, 0.717) is 0 Å². The van der Waals surface area contributed by atoms with Crippen molar-refractivity contribution < 1.29 is 0 Å². The van der Waals surface area contributed by atoms with E-state index in [4.69, 9.17) is 0 Å². The van der Waals surface area contributed by atoms with Gasteiger partial charge in [-0.15, -0.1) is 0 Å². The van der Waals surface area contributed by atoms with Crippen LogP contribution in [0.25, 0.3) is 10.9 Å². The predicted octanol–water partition coefficient (Wildman–Crippen LogP) is 3.85. The normalized spacial score (nSPS) is 10.9. The van der Waals surface area contributed by atoms with Crippen molar-refractivity contribution in [3.63, 3.8) is 0 Å². The molecule has 0 saturated carbocycles. The number of benzene rings is 1.